The van der Waals surface area contributed by atoms with E-state index in [0.717, 1.165) is 16.8 Å². The summed E-state index contributed by atoms with van der Waals surface area (Å²) >= 11 is 1.33. The number of benzene rings is 2. The number of thiazole rings is 1. The molecule has 3 rings (SSSR count). The molecule has 3 aromatic rings. The van der Waals surface area contributed by atoms with E-state index in [1.807, 2.05) is 61.5 Å². The first-order chi connectivity index (χ1) is 13.5. The Kier molecular flexibility index (Phi) is 6.34. The predicted octanol–water partition coefficient (Wildman–Crippen LogP) is 4.89. The molecular weight excluding hydrogens is 372 g/mol. The van der Waals surface area contributed by atoms with Gasteiger partial charge in [-0.2, -0.15) is 0 Å². The van der Waals surface area contributed by atoms with Crippen molar-refractivity contribution in [1.29, 1.82) is 0 Å². The summed E-state index contributed by atoms with van der Waals surface area (Å²) < 4.78 is 5.25. The molecule has 0 atom stereocenters. The third-order valence-electron chi connectivity index (χ3n) is 3.88. The molecule has 0 bridgehead atoms. The van der Waals surface area contributed by atoms with Gasteiger partial charge in [-0.15, -0.1) is 11.3 Å². The van der Waals surface area contributed by atoms with Crippen LogP contribution in [0.4, 0.5) is 10.8 Å². The van der Waals surface area contributed by atoms with Gasteiger partial charge in [-0.1, -0.05) is 48.0 Å². The third-order valence-corrected chi connectivity index (χ3v) is 4.73. The predicted molar refractivity (Wildman–Crippen MR) is 111 cm³/mol. The van der Waals surface area contributed by atoms with Crippen LogP contribution in [0.1, 0.15) is 23.7 Å². The standard InChI is InChI=1S/C22H20N2O3S/c1-16-7-6-8-18(13-16)14-27-21(26)12-11-19-15-28-22(23-19)24(17(2)25)20-9-4-3-5-10-20/h3-13,15H,14H2,1-2H3/b12-11+. The molecule has 1 amide bonds. The molecule has 142 valence electrons. The molecule has 0 unspecified atom stereocenters. The second-order valence-electron chi connectivity index (χ2n) is 6.18. The van der Waals surface area contributed by atoms with Crippen LogP contribution in [0.5, 0.6) is 0 Å². The first-order valence-electron chi connectivity index (χ1n) is 8.74. The molecule has 0 N–H and O–H groups in total. The Balaban J connectivity index is 1.64. The highest BCUT2D eigenvalue weighted by molar-refractivity contribution is 7.14. The summed E-state index contributed by atoms with van der Waals surface area (Å²) in [5.74, 6) is -0.573. The zero-order chi connectivity index (χ0) is 19.9. The largest absolute Gasteiger partial charge is 0.458 e. The maximum atomic E-state index is 12.1. The molecule has 0 aliphatic heterocycles. The van der Waals surface area contributed by atoms with Crippen molar-refractivity contribution in [1.82, 2.24) is 4.98 Å². The number of hydrogen-bond donors (Lipinski definition) is 0. The quantitative estimate of drug-likeness (QED) is 0.442. The molecule has 6 heteroatoms. The van der Waals surface area contributed by atoms with E-state index in [2.05, 4.69) is 4.98 Å². The summed E-state index contributed by atoms with van der Waals surface area (Å²) in [4.78, 5) is 30.0. The van der Waals surface area contributed by atoms with Gasteiger partial charge in [0.1, 0.15) is 6.61 Å². The minimum atomic E-state index is -0.442. The van der Waals surface area contributed by atoms with Gasteiger partial charge in [0, 0.05) is 18.4 Å². The van der Waals surface area contributed by atoms with Crippen molar-refractivity contribution in [3.8, 4) is 0 Å². The Morgan fingerprint density at radius 1 is 1.14 bits per heavy atom. The molecule has 0 radical (unpaired) electrons. The monoisotopic (exact) mass is 392 g/mol. The number of rotatable bonds is 6. The van der Waals surface area contributed by atoms with E-state index in [0.29, 0.717) is 10.8 Å². The van der Waals surface area contributed by atoms with Gasteiger partial charge in [-0.25, -0.2) is 9.78 Å². The van der Waals surface area contributed by atoms with Gasteiger partial charge in [0.2, 0.25) is 5.91 Å². The van der Waals surface area contributed by atoms with Crippen molar-refractivity contribution in [2.45, 2.75) is 20.5 Å². The van der Waals surface area contributed by atoms with Gasteiger partial charge < -0.3 is 4.74 Å². The van der Waals surface area contributed by atoms with Crippen LogP contribution in [-0.2, 0) is 20.9 Å². The number of anilines is 2. The zero-order valence-electron chi connectivity index (χ0n) is 15.7. The third kappa shape index (κ3) is 5.14. The van der Waals surface area contributed by atoms with Gasteiger partial charge in [-0.3, -0.25) is 9.69 Å². The molecule has 1 aromatic heterocycles. The summed E-state index contributed by atoms with van der Waals surface area (Å²) in [6.07, 6.45) is 2.93. The lowest BCUT2D eigenvalue weighted by Crippen LogP contribution is -2.22. The van der Waals surface area contributed by atoms with Gasteiger partial charge in [0.25, 0.3) is 0 Å². The van der Waals surface area contributed by atoms with Crippen LogP contribution in [0, 0.1) is 6.92 Å². The van der Waals surface area contributed by atoms with Crippen LogP contribution >= 0.6 is 11.3 Å². The maximum absolute atomic E-state index is 12.1. The first-order valence-corrected chi connectivity index (χ1v) is 9.62. The zero-order valence-corrected chi connectivity index (χ0v) is 16.5. The van der Waals surface area contributed by atoms with Crippen molar-refractivity contribution in [2.75, 3.05) is 4.90 Å². The molecular formula is C22H20N2O3S. The summed E-state index contributed by atoms with van der Waals surface area (Å²) in [7, 11) is 0. The lowest BCUT2D eigenvalue weighted by Gasteiger charge is -2.17. The fourth-order valence-electron chi connectivity index (χ4n) is 2.62. The molecule has 2 aromatic carbocycles. The Morgan fingerprint density at radius 3 is 2.64 bits per heavy atom. The average Bonchev–Trinajstić information content (AvgIpc) is 3.14. The molecule has 28 heavy (non-hydrogen) atoms. The van der Waals surface area contributed by atoms with Gasteiger partial charge in [-0.05, 0) is 30.7 Å². The number of ether oxygens (including phenoxy) is 1. The molecule has 0 saturated heterocycles. The van der Waals surface area contributed by atoms with Crippen LogP contribution in [0.2, 0.25) is 0 Å². The van der Waals surface area contributed by atoms with Crippen LogP contribution in [0.3, 0.4) is 0 Å². The summed E-state index contributed by atoms with van der Waals surface area (Å²) in [6, 6.07) is 17.1. The maximum Gasteiger partial charge on any atom is 0.331 e. The van der Waals surface area contributed by atoms with E-state index >= 15 is 0 Å². The van der Waals surface area contributed by atoms with E-state index in [1.165, 1.54) is 29.2 Å². The fraction of sp³-hybridized carbons (Fsp3) is 0.136. The van der Waals surface area contributed by atoms with E-state index in [1.54, 1.807) is 11.5 Å². The summed E-state index contributed by atoms with van der Waals surface area (Å²) in [5, 5.41) is 2.34. The van der Waals surface area contributed by atoms with Crippen molar-refractivity contribution in [3.63, 3.8) is 0 Å². The topological polar surface area (TPSA) is 59.5 Å². The highest BCUT2D eigenvalue weighted by atomic mass is 32.1. The van der Waals surface area contributed by atoms with E-state index < -0.39 is 5.97 Å². The van der Waals surface area contributed by atoms with Crippen molar-refractivity contribution in [3.05, 3.63) is 82.9 Å². The number of nitrogens with zero attached hydrogens (tertiary/aromatic N) is 2. The number of carbonyl (C=O) groups is 2. The smallest absolute Gasteiger partial charge is 0.331 e. The van der Waals surface area contributed by atoms with Crippen LogP contribution < -0.4 is 4.90 Å². The molecule has 0 saturated carbocycles. The first kappa shape index (κ1) is 19.5. The van der Waals surface area contributed by atoms with Gasteiger partial charge in [0.15, 0.2) is 5.13 Å². The lowest BCUT2D eigenvalue weighted by molar-refractivity contribution is -0.138. The minimum absolute atomic E-state index is 0.131. The Labute approximate surface area is 167 Å². The van der Waals surface area contributed by atoms with Crippen LogP contribution in [0.25, 0.3) is 6.08 Å². The molecule has 0 spiro atoms. The van der Waals surface area contributed by atoms with E-state index in [4.69, 9.17) is 4.74 Å². The normalized spacial score (nSPS) is 10.8. The number of amides is 1. The Morgan fingerprint density at radius 2 is 1.93 bits per heavy atom. The van der Waals surface area contributed by atoms with Gasteiger partial charge >= 0.3 is 5.97 Å². The van der Waals surface area contributed by atoms with E-state index in [9.17, 15) is 9.59 Å². The van der Waals surface area contributed by atoms with Crippen molar-refractivity contribution >= 4 is 40.1 Å². The van der Waals surface area contributed by atoms with Crippen molar-refractivity contribution < 1.29 is 14.3 Å². The molecule has 0 fully saturated rings. The summed E-state index contributed by atoms with van der Waals surface area (Å²) in [5.41, 5.74) is 3.40. The number of para-hydroxylation sites is 1. The lowest BCUT2D eigenvalue weighted by atomic mass is 10.1. The molecule has 5 nitrogen and oxygen atoms in total. The molecule has 1 heterocycles. The Bertz CT molecular complexity index is 996. The SMILES string of the molecule is CC(=O)N(c1ccccc1)c1nc(/C=C/C(=O)OCc2cccc(C)c2)cs1. The second kappa shape index (κ2) is 9.10. The number of hydrogen-bond acceptors (Lipinski definition) is 5. The summed E-state index contributed by atoms with van der Waals surface area (Å²) in [6.45, 7) is 3.71. The highest BCUT2D eigenvalue weighted by Gasteiger charge is 2.17. The Hall–Kier alpha value is -3.25. The molecule has 0 aliphatic carbocycles. The number of aryl methyl sites for hydroxylation is 1. The minimum Gasteiger partial charge on any atom is -0.458 e. The van der Waals surface area contributed by atoms with E-state index in [-0.39, 0.29) is 12.5 Å². The second-order valence-corrected chi connectivity index (χ2v) is 7.01. The highest BCUT2D eigenvalue weighted by Crippen LogP contribution is 2.29. The number of carbonyl (C=O) groups excluding carboxylic acids is 2. The van der Waals surface area contributed by atoms with Gasteiger partial charge in [0.05, 0.1) is 11.4 Å². The van der Waals surface area contributed by atoms with Crippen molar-refractivity contribution in [2.24, 2.45) is 0 Å². The van der Waals surface area contributed by atoms with Crippen LogP contribution in [-0.4, -0.2) is 16.9 Å². The number of aromatic nitrogens is 1. The average molecular weight is 392 g/mol. The van der Waals surface area contributed by atoms with Crippen LogP contribution in [0.15, 0.2) is 66.1 Å². The fourth-order valence-corrected chi connectivity index (χ4v) is 3.47. The number of esters is 1. The molecule has 0 aliphatic rings.